The number of pyridine rings is 1. The summed E-state index contributed by atoms with van der Waals surface area (Å²) in [6.45, 7) is -2.55. The summed E-state index contributed by atoms with van der Waals surface area (Å²) in [4.78, 5) is 113. The van der Waals surface area contributed by atoms with Crippen molar-refractivity contribution in [2.45, 2.75) is 38.8 Å². The van der Waals surface area contributed by atoms with Crippen LogP contribution in [0.1, 0.15) is 37.1 Å². The number of carbonyl (C=O) groups is 8. The summed E-state index contributed by atoms with van der Waals surface area (Å²) in [6, 6.07) is 16.0. The van der Waals surface area contributed by atoms with Gasteiger partial charge in [-0.05, 0) is 35.4 Å². The van der Waals surface area contributed by atoms with E-state index in [1.54, 1.807) is 36.7 Å². The number of rotatable bonds is 17. The van der Waals surface area contributed by atoms with Crippen LogP contribution in [-0.4, -0.2) is 128 Å². The molecule has 5 heterocycles. The van der Waals surface area contributed by atoms with Crippen LogP contribution in [0.5, 0.6) is 0 Å². The zero-order valence-corrected chi connectivity index (χ0v) is 29.4. The lowest BCUT2D eigenvalue weighted by molar-refractivity contribution is -0.198. The number of imide groups is 2. The lowest BCUT2D eigenvalue weighted by Crippen LogP contribution is -2.39. The average Bonchev–Trinajstić information content (AvgIpc) is 3.95. The van der Waals surface area contributed by atoms with Gasteiger partial charge in [-0.1, -0.05) is 30.3 Å². The fraction of sp³-hybridized carbons (Fsp3) is 0.286. The van der Waals surface area contributed by atoms with Crippen molar-refractivity contribution in [3.8, 4) is 22.8 Å². The third-order valence-corrected chi connectivity index (χ3v) is 8.26. The van der Waals surface area contributed by atoms with E-state index in [0.29, 0.717) is 38.7 Å². The second kappa shape index (κ2) is 16.9. The summed E-state index contributed by atoms with van der Waals surface area (Å²) >= 11 is 0. The molecule has 2 fully saturated rings. The molecule has 2 aliphatic heterocycles. The molecule has 6 rings (SSSR count). The van der Waals surface area contributed by atoms with Crippen molar-refractivity contribution in [2.24, 2.45) is 0 Å². The van der Waals surface area contributed by atoms with Crippen LogP contribution in [0, 0.1) is 0 Å². The Morgan fingerprint density at radius 1 is 0.589 bits per heavy atom. The number of amides is 4. The molecule has 0 spiro atoms. The van der Waals surface area contributed by atoms with E-state index in [9.17, 15) is 48.6 Å². The SMILES string of the molecule is O=C(O)CN(CC(=O)ON1C(=O)CCC1=O)Cc1ccn(-c2cc(-c3ccccc3)cc(-n3ccc(CN(CC(=O)O)CC(=O)ON4C(=O)CCC4=O)n3)n2)n1. The van der Waals surface area contributed by atoms with Crippen LogP contribution in [0.25, 0.3) is 22.8 Å². The highest BCUT2D eigenvalue weighted by atomic mass is 16.7. The highest BCUT2D eigenvalue weighted by Crippen LogP contribution is 2.24. The second-order valence-corrected chi connectivity index (χ2v) is 12.6. The summed E-state index contributed by atoms with van der Waals surface area (Å²) in [5.41, 5.74) is 2.22. The minimum atomic E-state index is -1.24. The van der Waals surface area contributed by atoms with Crippen LogP contribution in [0.4, 0.5) is 0 Å². The Morgan fingerprint density at radius 2 is 1.00 bits per heavy atom. The average molecular weight is 772 g/mol. The molecule has 0 unspecified atom stereocenters. The Morgan fingerprint density at radius 3 is 1.39 bits per heavy atom. The van der Waals surface area contributed by atoms with Gasteiger partial charge in [0.15, 0.2) is 11.6 Å². The van der Waals surface area contributed by atoms with Crippen molar-refractivity contribution in [2.75, 3.05) is 26.2 Å². The summed E-state index contributed by atoms with van der Waals surface area (Å²) in [6.07, 6.45) is 2.78. The van der Waals surface area contributed by atoms with Gasteiger partial charge in [-0.2, -0.15) is 10.2 Å². The lowest BCUT2D eigenvalue weighted by Gasteiger charge is -2.19. The maximum absolute atomic E-state index is 12.6. The Hall–Kier alpha value is -7.13. The van der Waals surface area contributed by atoms with Gasteiger partial charge in [-0.3, -0.25) is 38.6 Å². The monoisotopic (exact) mass is 771 g/mol. The molecule has 2 saturated heterocycles. The van der Waals surface area contributed by atoms with E-state index in [2.05, 4.69) is 10.2 Å². The molecule has 3 aromatic heterocycles. The number of hydrogen-bond donors (Lipinski definition) is 2. The Bertz CT molecular complexity index is 2040. The summed E-state index contributed by atoms with van der Waals surface area (Å²) in [5, 5.41) is 28.8. The first-order valence-corrected chi connectivity index (χ1v) is 17.0. The highest BCUT2D eigenvalue weighted by Gasteiger charge is 2.34. The van der Waals surface area contributed by atoms with Gasteiger partial charge in [0.2, 0.25) is 0 Å². The van der Waals surface area contributed by atoms with E-state index in [4.69, 9.17) is 14.7 Å². The van der Waals surface area contributed by atoms with Gasteiger partial charge in [0.25, 0.3) is 23.6 Å². The maximum atomic E-state index is 12.6. The Kier molecular flexibility index (Phi) is 11.6. The zero-order chi connectivity index (χ0) is 39.9. The summed E-state index contributed by atoms with van der Waals surface area (Å²) in [5.74, 6) is -6.53. The molecule has 56 heavy (non-hydrogen) atoms. The van der Waals surface area contributed by atoms with Crippen molar-refractivity contribution in [3.05, 3.63) is 78.4 Å². The third kappa shape index (κ3) is 9.69. The number of carboxylic acids is 2. The normalized spacial score (nSPS) is 14.3. The molecule has 0 saturated carbocycles. The molecule has 0 atom stereocenters. The van der Waals surface area contributed by atoms with Crippen LogP contribution in [0.2, 0.25) is 0 Å². The number of carbonyl (C=O) groups excluding carboxylic acids is 6. The van der Waals surface area contributed by atoms with Crippen molar-refractivity contribution < 1.29 is 58.2 Å². The molecule has 4 aromatic rings. The van der Waals surface area contributed by atoms with Gasteiger partial charge < -0.3 is 19.9 Å². The van der Waals surface area contributed by atoms with Gasteiger partial charge in [0, 0.05) is 51.2 Å². The molecule has 0 bridgehead atoms. The molecule has 1 aromatic carbocycles. The minimum Gasteiger partial charge on any atom is -0.480 e. The minimum absolute atomic E-state index is 0.0940. The number of benzene rings is 1. The third-order valence-electron chi connectivity index (χ3n) is 8.26. The van der Waals surface area contributed by atoms with Crippen LogP contribution >= 0.6 is 0 Å². The van der Waals surface area contributed by atoms with Crippen LogP contribution in [0.3, 0.4) is 0 Å². The standard InChI is InChI=1S/C35H33N9O12/c45-28-6-7-29(46)43(28)55-34(53)20-39(18-32(49)50)16-24-10-12-41(37-24)26-14-23(22-4-2-1-3-5-22)15-27(36-26)42-13-11-25(38-42)17-40(19-33(51)52)21-35(54)56-44-30(47)8-9-31(44)48/h1-5,10-15H,6-9,16-21H2,(H,49,50)(H,51,52). The lowest BCUT2D eigenvalue weighted by atomic mass is 10.1. The zero-order valence-electron chi connectivity index (χ0n) is 29.4. The first kappa shape index (κ1) is 38.6. The molecular formula is C35H33N9O12. The summed E-state index contributed by atoms with van der Waals surface area (Å²) in [7, 11) is 0. The largest absolute Gasteiger partial charge is 0.480 e. The molecule has 290 valence electrons. The molecule has 2 aliphatic rings. The van der Waals surface area contributed by atoms with Crippen molar-refractivity contribution in [1.29, 1.82) is 0 Å². The second-order valence-electron chi connectivity index (χ2n) is 12.6. The molecule has 0 aliphatic carbocycles. The van der Waals surface area contributed by atoms with E-state index >= 15 is 0 Å². The summed E-state index contributed by atoms with van der Waals surface area (Å²) < 4.78 is 2.87. The number of aromatic nitrogens is 5. The van der Waals surface area contributed by atoms with Gasteiger partial charge >= 0.3 is 23.9 Å². The van der Waals surface area contributed by atoms with E-state index in [-0.39, 0.29) is 38.8 Å². The predicted molar refractivity (Wildman–Crippen MR) is 184 cm³/mol. The van der Waals surface area contributed by atoms with Crippen LogP contribution < -0.4 is 0 Å². The fourth-order valence-electron chi connectivity index (χ4n) is 5.80. The number of aliphatic carboxylic acids is 2. The predicted octanol–water partition coefficient (Wildman–Crippen LogP) is 0.108. The Balaban J connectivity index is 1.21. The number of carboxylic acid groups (broad SMARTS) is 2. The fourth-order valence-corrected chi connectivity index (χ4v) is 5.80. The Labute approximate surface area is 316 Å². The molecule has 0 radical (unpaired) electrons. The molecule has 21 nitrogen and oxygen atoms in total. The molecule has 21 heteroatoms. The maximum Gasteiger partial charge on any atom is 0.347 e. The van der Waals surface area contributed by atoms with Crippen molar-refractivity contribution in [3.63, 3.8) is 0 Å². The molecule has 2 N–H and O–H groups in total. The number of hydrogen-bond acceptors (Lipinski definition) is 15. The highest BCUT2D eigenvalue weighted by molar-refractivity contribution is 6.02. The topological polar surface area (TPSA) is 257 Å². The van der Waals surface area contributed by atoms with Crippen molar-refractivity contribution >= 4 is 47.5 Å². The van der Waals surface area contributed by atoms with Crippen LogP contribution in [0.15, 0.2) is 67.0 Å². The van der Waals surface area contributed by atoms with Gasteiger partial charge in [-0.25, -0.2) is 23.9 Å². The van der Waals surface area contributed by atoms with E-state index < -0.39 is 73.7 Å². The van der Waals surface area contributed by atoms with E-state index in [1.807, 2.05) is 30.3 Å². The van der Waals surface area contributed by atoms with Gasteiger partial charge in [0.05, 0.1) is 24.5 Å². The molecular weight excluding hydrogens is 738 g/mol. The molecule has 4 amide bonds. The van der Waals surface area contributed by atoms with E-state index in [1.165, 1.54) is 19.2 Å². The van der Waals surface area contributed by atoms with Crippen LogP contribution in [-0.2, 0) is 61.1 Å². The smallest absolute Gasteiger partial charge is 0.347 e. The van der Waals surface area contributed by atoms with Gasteiger partial charge in [0.1, 0.15) is 13.1 Å². The number of hydroxylamine groups is 4. The van der Waals surface area contributed by atoms with E-state index in [0.717, 1.165) is 5.56 Å². The quantitative estimate of drug-likeness (QED) is 0.135. The number of nitrogens with zero attached hydrogens (tertiary/aromatic N) is 9. The van der Waals surface area contributed by atoms with Gasteiger partial charge in [-0.15, -0.1) is 10.1 Å². The van der Waals surface area contributed by atoms with Crippen molar-refractivity contribution in [1.82, 2.24) is 44.5 Å². The first-order chi connectivity index (χ1) is 26.8. The first-order valence-electron chi connectivity index (χ1n) is 17.0.